The molecule has 0 radical (unpaired) electrons. The van der Waals surface area contributed by atoms with Gasteiger partial charge in [-0.05, 0) is 38.5 Å². The summed E-state index contributed by atoms with van der Waals surface area (Å²) in [6, 6.07) is 14.0. The van der Waals surface area contributed by atoms with Crippen LogP contribution < -0.4 is 11.5 Å². The van der Waals surface area contributed by atoms with Crippen LogP contribution in [0.4, 0.5) is 12.0 Å². The molecule has 3 aromatic heterocycles. The van der Waals surface area contributed by atoms with Gasteiger partial charge in [0.05, 0.1) is 11.0 Å². The highest BCUT2D eigenvalue weighted by molar-refractivity contribution is 5.88. The Morgan fingerprint density at radius 3 is 2.25 bits per heavy atom. The van der Waals surface area contributed by atoms with Crippen molar-refractivity contribution in [3.05, 3.63) is 54.9 Å². The summed E-state index contributed by atoms with van der Waals surface area (Å²) in [6.07, 6.45) is 3.42. The van der Waals surface area contributed by atoms with E-state index in [4.69, 9.17) is 21.0 Å². The molecule has 2 aromatic carbocycles. The standard InChI is InChI=1S/C23H22N8O/c1-23(2,3)31-18-9-8-13(14-11-26-21(24)27-12-14)10-17(18)28-20(31)16-7-5-4-6-15(16)19-29-22(25)32-30-19/h4-12H,1-3H3,(H2,24,26,27)(H2,25,29,30). The van der Waals surface area contributed by atoms with Gasteiger partial charge >= 0.3 is 6.01 Å². The zero-order valence-electron chi connectivity index (χ0n) is 17.9. The number of nitrogens with zero attached hydrogens (tertiary/aromatic N) is 6. The molecule has 0 unspecified atom stereocenters. The molecule has 0 atom stereocenters. The first kappa shape index (κ1) is 19.7. The number of anilines is 2. The lowest BCUT2D eigenvalue weighted by Gasteiger charge is -2.25. The van der Waals surface area contributed by atoms with Gasteiger partial charge in [-0.1, -0.05) is 35.5 Å². The Labute approximate surface area is 184 Å². The minimum absolute atomic E-state index is 0.0227. The van der Waals surface area contributed by atoms with Crippen molar-refractivity contribution in [1.29, 1.82) is 0 Å². The van der Waals surface area contributed by atoms with Crippen LogP contribution in [0, 0.1) is 0 Å². The Morgan fingerprint density at radius 1 is 0.875 bits per heavy atom. The molecule has 0 aliphatic heterocycles. The number of aromatic nitrogens is 6. The number of rotatable bonds is 3. The minimum atomic E-state index is -0.237. The Bertz CT molecular complexity index is 1430. The van der Waals surface area contributed by atoms with Gasteiger partial charge in [0.2, 0.25) is 11.8 Å². The van der Waals surface area contributed by atoms with E-state index in [2.05, 4.69) is 51.5 Å². The summed E-state index contributed by atoms with van der Waals surface area (Å²) in [4.78, 5) is 17.4. The maximum atomic E-state index is 5.67. The van der Waals surface area contributed by atoms with Crippen molar-refractivity contribution in [3.8, 4) is 33.9 Å². The fraction of sp³-hybridized carbons (Fsp3) is 0.174. The molecular weight excluding hydrogens is 404 g/mol. The van der Waals surface area contributed by atoms with Crippen molar-refractivity contribution in [2.75, 3.05) is 11.5 Å². The molecule has 0 saturated heterocycles. The lowest BCUT2D eigenvalue weighted by Crippen LogP contribution is -2.22. The molecule has 5 rings (SSSR count). The number of hydrogen-bond acceptors (Lipinski definition) is 8. The van der Waals surface area contributed by atoms with Gasteiger partial charge in [-0.15, -0.1) is 0 Å². The third-order valence-corrected chi connectivity index (χ3v) is 5.18. The maximum Gasteiger partial charge on any atom is 0.319 e. The Kier molecular flexibility index (Phi) is 4.40. The lowest BCUT2D eigenvalue weighted by atomic mass is 10.0. The van der Waals surface area contributed by atoms with Crippen molar-refractivity contribution < 1.29 is 4.52 Å². The monoisotopic (exact) mass is 426 g/mol. The summed E-state index contributed by atoms with van der Waals surface area (Å²) in [5.41, 5.74) is 16.4. The van der Waals surface area contributed by atoms with Crippen LogP contribution in [0.1, 0.15) is 20.8 Å². The van der Waals surface area contributed by atoms with E-state index in [0.717, 1.165) is 39.1 Å². The molecular formula is C23H22N8O. The summed E-state index contributed by atoms with van der Waals surface area (Å²) >= 11 is 0. The second kappa shape index (κ2) is 7.16. The molecule has 160 valence electrons. The SMILES string of the molecule is CC(C)(C)n1c(-c2ccccc2-c2noc(N)n2)nc2cc(-c3cnc(N)nc3)ccc21. The molecule has 5 aromatic rings. The molecule has 0 aliphatic rings. The number of benzene rings is 2. The van der Waals surface area contributed by atoms with Crippen LogP contribution in [0.5, 0.6) is 0 Å². The lowest BCUT2D eigenvalue weighted by molar-refractivity contribution is 0.413. The molecule has 0 fully saturated rings. The molecule has 0 aliphatic carbocycles. The van der Waals surface area contributed by atoms with E-state index in [-0.39, 0.29) is 17.5 Å². The van der Waals surface area contributed by atoms with Crippen molar-refractivity contribution in [2.24, 2.45) is 0 Å². The normalized spacial score (nSPS) is 11.8. The van der Waals surface area contributed by atoms with Gasteiger partial charge in [0, 0.05) is 34.6 Å². The summed E-state index contributed by atoms with van der Waals surface area (Å²) < 4.78 is 7.22. The van der Waals surface area contributed by atoms with Gasteiger partial charge in [-0.25, -0.2) is 15.0 Å². The molecule has 9 nitrogen and oxygen atoms in total. The fourth-order valence-electron chi connectivity index (χ4n) is 3.82. The van der Waals surface area contributed by atoms with Crippen molar-refractivity contribution in [2.45, 2.75) is 26.3 Å². The van der Waals surface area contributed by atoms with Gasteiger partial charge in [-0.2, -0.15) is 4.98 Å². The van der Waals surface area contributed by atoms with Crippen molar-refractivity contribution in [1.82, 2.24) is 29.7 Å². The van der Waals surface area contributed by atoms with Crippen molar-refractivity contribution in [3.63, 3.8) is 0 Å². The number of hydrogen-bond donors (Lipinski definition) is 2. The largest absolute Gasteiger partial charge is 0.368 e. The van der Waals surface area contributed by atoms with Crippen LogP contribution >= 0.6 is 0 Å². The Balaban J connectivity index is 1.74. The van der Waals surface area contributed by atoms with Crippen LogP contribution in [0.3, 0.4) is 0 Å². The van der Waals surface area contributed by atoms with Gasteiger partial charge < -0.3 is 20.6 Å². The Morgan fingerprint density at radius 2 is 1.59 bits per heavy atom. The number of nitrogens with two attached hydrogens (primary N) is 2. The van der Waals surface area contributed by atoms with Crippen molar-refractivity contribution >= 4 is 23.0 Å². The van der Waals surface area contributed by atoms with Gasteiger partial charge in [-0.3, -0.25) is 0 Å². The first-order chi connectivity index (χ1) is 15.3. The first-order valence-corrected chi connectivity index (χ1v) is 10.1. The maximum absolute atomic E-state index is 5.67. The van der Waals surface area contributed by atoms with Gasteiger partial charge in [0.15, 0.2) is 0 Å². The number of imidazole rings is 1. The van der Waals surface area contributed by atoms with Crippen LogP contribution in [-0.2, 0) is 5.54 Å². The summed E-state index contributed by atoms with van der Waals surface area (Å²) in [5, 5.41) is 4.01. The van der Waals surface area contributed by atoms with Gasteiger partial charge in [0.25, 0.3) is 0 Å². The highest BCUT2D eigenvalue weighted by Gasteiger charge is 2.25. The molecule has 0 spiro atoms. The molecule has 0 amide bonds. The predicted octanol–water partition coefficient (Wildman–Crippen LogP) is 4.13. The first-order valence-electron chi connectivity index (χ1n) is 10.1. The van der Waals surface area contributed by atoms with E-state index in [1.807, 2.05) is 36.4 Å². The second-order valence-electron chi connectivity index (χ2n) is 8.48. The third-order valence-electron chi connectivity index (χ3n) is 5.18. The molecule has 0 bridgehead atoms. The van der Waals surface area contributed by atoms with Crippen LogP contribution in [0.25, 0.3) is 44.9 Å². The van der Waals surface area contributed by atoms with Gasteiger partial charge in [0.1, 0.15) is 5.82 Å². The van der Waals surface area contributed by atoms with Crippen LogP contribution in [-0.4, -0.2) is 29.7 Å². The van der Waals surface area contributed by atoms with Crippen LogP contribution in [0.2, 0.25) is 0 Å². The van der Waals surface area contributed by atoms with E-state index >= 15 is 0 Å². The zero-order chi connectivity index (χ0) is 22.5. The summed E-state index contributed by atoms with van der Waals surface area (Å²) in [7, 11) is 0. The average molecular weight is 426 g/mol. The number of fused-ring (bicyclic) bond motifs is 1. The molecule has 32 heavy (non-hydrogen) atoms. The topological polar surface area (TPSA) is 135 Å². The van der Waals surface area contributed by atoms with Crippen LogP contribution in [0.15, 0.2) is 59.4 Å². The zero-order valence-corrected chi connectivity index (χ0v) is 17.9. The molecule has 9 heteroatoms. The summed E-state index contributed by atoms with van der Waals surface area (Å²) in [5.74, 6) is 1.47. The van der Waals surface area contributed by atoms with E-state index in [9.17, 15) is 0 Å². The quantitative estimate of drug-likeness (QED) is 0.440. The minimum Gasteiger partial charge on any atom is -0.368 e. The Hall–Kier alpha value is -4.27. The molecule has 4 N–H and O–H groups in total. The smallest absolute Gasteiger partial charge is 0.319 e. The van der Waals surface area contributed by atoms with E-state index in [1.54, 1.807) is 12.4 Å². The van der Waals surface area contributed by atoms with E-state index in [1.165, 1.54) is 0 Å². The highest BCUT2D eigenvalue weighted by Crippen LogP contribution is 2.37. The highest BCUT2D eigenvalue weighted by atomic mass is 16.5. The molecule has 0 saturated carbocycles. The average Bonchev–Trinajstić information content (AvgIpc) is 3.37. The van der Waals surface area contributed by atoms with E-state index < -0.39 is 0 Å². The number of nitrogen functional groups attached to an aromatic ring is 2. The fourth-order valence-corrected chi connectivity index (χ4v) is 3.82. The summed E-state index contributed by atoms with van der Waals surface area (Å²) in [6.45, 7) is 6.44. The third kappa shape index (κ3) is 3.33. The molecule has 3 heterocycles. The second-order valence-corrected chi connectivity index (χ2v) is 8.48. The predicted molar refractivity (Wildman–Crippen MR) is 123 cm³/mol. The van der Waals surface area contributed by atoms with E-state index in [0.29, 0.717) is 5.82 Å².